The Balaban J connectivity index is 1.80. The molecule has 3 rings (SSSR count). The van der Waals surface area contributed by atoms with E-state index in [1.807, 2.05) is 24.3 Å². The van der Waals surface area contributed by atoms with Crippen molar-refractivity contribution in [2.24, 2.45) is 0 Å². The smallest absolute Gasteiger partial charge is 0.167 e. The van der Waals surface area contributed by atoms with Crippen LogP contribution in [0.25, 0.3) is 0 Å². The molecular weight excluding hydrogens is 316 g/mol. The van der Waals surface area contributed by atoms with Gasteiger partial charge in [-0.2, -0.15) is 0 Å². The van der Waals surface area contributed by atoms with Crippen LogP contribution in [0.1, 0.15) is 27.9 Å². The van der Waals surface area contributed by atoms with Crippen LogP contribution in [0, 0.1) is 0 Å². The average Bonchev–Trinajstić information content (AvgIpc) is 2.47. The lowest BCUT2D eigenvalue weighted by atomic mass is 9.97. The Hall–Kier alpha value is -1.68. The Morgan fingerprint density at radius 1 is 1.30 bits per heavy atom. The van der Waals surface area contributed by atoms with E-state index in [2.05, 4.69) is 26.2 Å². The molecular formula is C16H15BrN2O. The number of nitrogens with one attached hydrogen (secondary N) is 1. The number of nitrogens with zero attached hydrogens (tertiary/aromatic N) is 1. The standard InChI is InChI=1S/C16H15BrN2O/c17-14-6-11(9-18-10-14)7-16(20)13-3-4-15-12(8-13)2-1-5-19-15/h3-4,6,8-10,19H,1-2,5,7H2. The maximum Gasteiger partial charge on any atom is 0.167 e. The highest BCUT2D eigenvalue weighted by molar-refractivity contribution is 9.10. The van der Waals surface area contributed by atoms with Gasteiger partial charge in [-0.05, 0) is 64.2 Å². The Morgan fingerprint density at radius 3 is 3.05 bits per heavy atom. The maximum absolute atomic E-state index is 12.3. The van der Waals surface area contributed by atoms with Gasteiger partial charge in [-0.25, -0.2) is 0 Å². The molecule has 4 heteroatoms. The zero-order valence-electron chi connectivity index (χ0n) is 11.0. The number of carbonyl (C=O) groups excluding carboxylic acids is 1. The zero-order valence-corrected chi connectivity index (χ0v) is 12.6. The summed E-state index contributed by atoms with van der Waals surface area (Å²) in [5.74, 6) is 0.137. The summed E-state index contributed by atoms with van der Waals surface area (Å²) in [6.07, 6.45) is 6.02. The van der Waals surface area contributed by atoms with Crippen LogP contribution in [0.2, 0.25) is 0 Å². The van der Waals surface area contributed by atoms with Gasteiger partial charge in [-0.15, -0.1) is 0 Å². The molecule has 1 aliphatic heterocycles. The van der Waals surface area contributed by atoms with Crippen molar-refractivity contribution in [2.45, 2.75) is 19.3 Å². The zero-order chi connectivity index (χ0) is 13.9. The fourth-order valence-electron chi connectivity index (χ4n) is 2.49. The van der Waals surface area contributed by atoms with Crippen LogP contribution in [-0.2, 0) is 12.8 Å². The summed E-state index contributed by atoms with van der Waals surface area (Å²) in [4.78, 5) is 16.4. The third-order valence-electron chi connectivity index (χ3n) is 3.49. The second-order valence-corrected chi connectivity index (χ2v) is 5.93. The van der Waals surface area contributed by atoms with E-state index >= 15 is 0 Å². The molecule has 0 saturated carbocycles. The largest absolute Gasteiger partial charge is 0.385 e. The lowest BCUT2D eigenvalue weighted by Gasteiger charge is -2.18. The van der Waals surface area contributed by atoms with Gasteiger partial charge in [0.25, 0.3) is 0 Å². The number of rotatable bonds is 3. The molecule has 0 radical (unpaired) electrons. The highest BCUT2D eigenvalue weighted by Gasteiger charge is 2.13. The molecule has 0 atom stereocenters. The summed E-state index contributed by atoms with van der Waals surface area (Å²) in [5.41, 5.74) is 4.12. The first kappa shape index (κ1) is 13.3. The van der Waals surface area contributed by atoms with Gasteiger partial charge in [-0.1, -0.05) is 0 Å². The minimum absolute atomic E-state index is 0.137. The van der Waals surface area contributed by atoms with Crippen LogP contribution >= 0.6 is 15.9 Å². The first-order chi connectivity index (χ1) is 9.72. The molecule has 0 aliphatic carbocycles. The number of fused-ring (bicyclic) bond motifs is 1. The molecule has 0 saturated heterocycles. The van der Waals surface area contributed by atoms with Gasteiger partial charge in [-0.3, -0.25) is 9.78 Å². The van der Waals surface area contributed by atoms with Gasteiger partial charge < -0.3 is 5.32 Å². The van der Waals surface area contributed by atoms with E-state index in [1.54, 1.807) is 12.4 Å². The number of Topliss-reactive ketones (excluding diaryl/α,β-unsaturated/α-hetero) is 1. The predicted octanol–water partition coefficient (Wildman–Crippen LogP) is 3.63. The number of hydrogen-bond donors (Lipinski definition) is 1. The Morgan fingerprint density at radius 2 is 2.20 bits per heavy atom. The molecule has 2 aromatic rings. The molecule has 20 heavy (non-hydrogen) atoms. The average molecular weight is 331 g/mol. The minimum Gasteiger partial charge on any atom is -0.385 e. The Kier molecular flexibility index (Phi) is 3.83. The maximum atomic E-state index is 12.3. The van der Waals surface area contributed by atoms with Crippen LogP contribution in [0.15, 0.2) is 41.1 Å². The number of aryl methyl sites for hydroxylation is 1. The highest BCUT2D eigenvalue weighted by Crippen LogP contribution is 2.23. The SMILES string of the molecule is O=C(Cc1cncc(Br)c1)c1ccc2c(c1)CCCN2. The lowest BCUT2D eigenvalue weighted by Crippen LogP contribution is -2.13. The van der Waals surface area contributed by atoms with E-state index < -0.39 is 0 Å². The Labute approximate surface area is 126 Å². The number of aromatic nitrogens is 1. The molecule has 1 N–H and O–H groups in total. The molecule has 1 aliphatic rings. The molecule has 3 nitrogen and oxygen atoms in total. The van der Waals surface area contributed by atoms with Crippen LogP contribution in [0.3, 0.4) is 0 Å². The number of halogens is 1. The van der Waals surface area contributed by atoms with Crippen molar-refractivity contribution in [3.8, 4) is 0 Å². The first-order valence-corrected chi connectivity index (χ1v) is 7.51. The van der Waals surface area contributed by atoms with Gasteiger partial charge >= 0.3 is 0 Å². The summed E-state index contributed by atoms with van der Waals surface area (Å²) in [5, 5.41) is 3.36. The van der Waals surface area contributed by atoms with E-state index in [0.717, 1.165) is 40.7 Å². The predicted molar refractivity (Wildman–Crippen MR) is 83.2 cm³/mol. The molecule has 2 heterocycles. The van der Waals surface area contributed by atoms with Crippen molar-refractivity contribution in [1.29, 1.82) is 0 Å². The summed E-state index contributed by atoms with van der Waals surface area (Å²) < 4.78 is 0.900. The van der Waals surface area contributed by atoms with E-state index in [4.69, 9.17) is 0 Å². The van der Waals surface area contributed by atoms with Crippen molar-refractivity contribution in [3.63, 3.8) is 0 Å². The van der Waals surface area contributed by atoms with Gasteiger partial charge in [0.15, 0.2) is 5.78 Å². The van der Waals surface area contributed by atoms with Crippen molar-refractivity contribution in [3.05, 3.63) is 57.8 Å². The molecule has 1 aromatic heterocycles. The normalized spacial score (nSPS) is 13.4. The summed E-state index contributed by atoms with van der Waals surface area (Å²) >= 11 is 3.38. The van der Waals surface area contributed by atoms with Crippen molar-refractivity contribution >= 4 is 27.4 Å². The fraction of sp³-hybridized carbons (Fsp3) is 0.250. The summed E-state index contributed by atoms with van der Waals surface area (Å²) in [7, 11) is 0. The highest BCUT2D eigenvalue weighted by atomic mass is 79.9. The Bertz CT molecular complexity index is 655. The molecule has 1 aromatic carbocycles. The number of ketones is 1. The number of pyridine rings is 1. The van der Waals surface area contributed by atoms with E-state index in [-0.39, 0.29) is 5.78 Å². The van der Waals surface area contributed by atoms with Crippen LogP contribution in [-0.4, -0.2) is 17.3 Å². The number of carbonyl (C=O) groups is 1. The van der Waals surface area contributed by atoms with Gasteiger partial charge in [0, 0.05) is 41.1 Å². The fourth-order valence-corrected chi connectivity index (χ4v) is 2.90. The van der Waals surface area contributed by atoms with Crippen molar-refractivity contribution < 1.29 is 4.79 Å². The lowest BCUT2D eigenvalue weighted by molar-refractivity contribution is 0.0993. The number of benzene rings is 1. The number of hydrogen-bond acceptors (Lipinski definition) is 3. The van der Waals surface area contributed by atoms with E-state index in [1.165, 1.54) is 5.56 Å². The van der Waals surface area contributed by atoms with Crippen molar-refractivity contribution in [1.82, 2.24) is 4.98 Å². The van der Waals surface area contributed by atoms with Gasteiger partial charge in [0.05, 0.1) is 0 Å². The van der Waals surface area contributed by atoms with Crippen LogP contribution in [0.4, 0.5) is 5.69 Å². The molecule has 0 unspecified atom stereocenters. The van der Waals surface area contributed by atoms with Gasteiger partial charge in [0.1, 0.15) is 0 Å². The topological polar surface area (TPSA) is 42.0 Å². The molecule has 102 valence electrons. The van der Waals surface area contributed by atoms with Crippen molar-refractivity contribution in [2.75, 3.05) is 11.9 Å². The summed E-state index contributed by atoms with van der Waals surface area (Å²) in [6.45, 7) is 1.02. The number of anilines is 1. The molecule has 0 bridgehead atoms. The first-order valence-electron chi connectivity index (χ1n) is 6.72. The summed E-state index contributed by atoms with van der Waals surface area (Å²) in [6, 6.07) is 7.88. The van der Waals surface area contributed by atoms with E-state index in [0.29, 0.717) is 6.42 Å². The quantitative estimate of drug-likeness (QED) is 0.874. The second kappa shape index (κ2) is 5.75. The van der Waals surface area contributed by atoms with Gasteiger partial charge in [0.2, 0.25) is 0 Å². The van der Waals surface area contributed by atoms with E-state index in [9.17, 15) is 4.79 Å². The minimum atomic E-state index is 0.137. The molecule has 0 fully saturated rings. The van der Waals surface area contributed by atoms with Crippen LogP contribution in [0.5, 0.6) is 0 Å². The second-order valence-electron chi connectivity index (χ2n) is 5.01. The molecule has 0 amide bonds. The molecule has 0 spiro atoms. The van der Waals surface area contributed by atoms with Crippen LogP contribution < -0.4 is 5.32 Å². The third kappa shape index (κ3) is 2.90. The third-order valence-corrected chi connectivity index (χ3v) is 3.93. The monoisotopic (exact) mass is 330 g/mol.